The molecule has 15 heavy (non-hydrogen) atoms. The van der Waals surface area contributed by atoms with Crippen molar-refractivity contribution in [3.05, 3.63) is 24.0 Å². The lowest BCUT2D eigenvalue weighted by Gasteiger charge is -2.22. The second-order valence-corrected chi connectivity index (χ2v) is 3.94. The van der Waals surface area contributed by atoms with Gasteiger partial charge in [0.1, 0.15) is 6.07 Å². The molecule has 0 saturated carbocycles. The van der Waals surface area contributed by atoms with Crippen LogP contribution in [0.4, 0.5) is 5.69 Å². The number of nitriles is 1. The van der Waals surface area contributed by atoms with Crippen LogP contribution in [0.25, 0.3) is 0 Å². The summed E-state index contributed by atoms with van der Waals surface area (Å²) in [5.41, 5.74) is 1.49. The molecule has 1 aromatic rings. The van der Waals surface area contributed by atoms with Gasteiger partial charge in [-0.3, -0.25) is 4.98 Å². The molecule has 1 aromatic heterocycles. The molecular formula is C12H17N3. The average Bonchev–Trinajstić information content (AvgIpc) is 2.25. The Morgan fingerprint density at radius 1 is 1.53 bits per heavy atom. The molecule has 0 aliphatic carbocycles. The molecule has 0 spiro atoms. The second kappa shape index (κ2) is 5.35. The molecule has 0 aliphatic heterocycles. The lowest BCUT2D eigenvalue weighted by molar-refractivity contribution is 0.511. The van der Waals surface area contributed by atoms with E-state index in [1.54, 1.807) is 18.5 Å². The SMILES string of the molecule is CCC(Nc1cnccc1C#N)C(C)C. The maximum Gasteiger partial charge on any atom is 0.101 e. The standard InChI is InChI=1S/C12H17N3/c1-4-11(9(2)3)15-12-8-14-6-5-10(12)7-13/h5-6,8-9,11,15H,4H2,1-3H3. The Morgan fingerprint density at radius 2 is 2.27 bits per heavy atom. The van der Waals surface area contributed by atoms with Crippen LogP contribution in [0, 0.1) is 17.2 Å². The summed E-state index contributed by atoms with van der Waals surface area (Å²) in [6.45, 7) is 6.48. The Hall–Kier alpha value is -1.56. The van der Waals surface area contributed by atoms with E-state index in [2.05, 4.69) is 37.1 Å². The molecule has 0 radical (unpaired) electrons. The lowest BCUT2D eigenvalue weighted by atomic mass is 10.0. The quantitative estimate of drug-likeness (QED) is 0.818. The molecule has 0 aromatic carbocycles. The summed E-state index contributed by atoms with van der Waals surface area (Å²) in [6.07, 6.45) is 4.39. The number of anilines is 1. The number of nitrogens with zero attached hydrogens (tertiary/aromatic N) is 2. The van der Waals surface area contributed by atoms with Crippen LogP contribution < -0.4 is 5.32 Å². The highest BCUT2D eigenvalue weighted by Gasteiger charge is 2.12. The minimum Gasteiger partial charge on any atom is -0.380 e. The van der Waals surface area contributed by atoms with E-state index in [0.717, 1.165) is 12.1 Å². The maximum absolute atomic E-state index is 8.92. The summed E-state index contributed by atoms with van der Waals surface area (Å²) in [4.78, 5) is 4.03. The van der Waals surface area contributed by atoms with E-state index in [4.69, 9.17) is 5.26 Å². The molecule has 80 valence electrons. The van der Waals surface area contributed by atoms with Gasteiger partial charge in [-0.15, -0.1) is 0 Å². The van der Waals surface area contributed by atoms with Gasteiger partial charge in [0, 0.05) is 12.2 Å². The Labute approximate surface area is 91.1 Å². The zero-order valence-corrected chi connectivity index (χ0v) is 9.49. The monoisotopic (exact) mass is 203 g/mol. The molecule has 3 nitrogen and oxygen atoms in total. The van der Waals surface area contributed by atoms with Crippen LogP contribution in [-0.2, 0) is 0 Å². The van der Waals surface area contributed by atoms with Crippen molar-refractivity contribution in [1.82, 2.24) is 4.98 Å². The van der Waals surface area contributed by atoms with Gasteiger partial charge in [-0.1, -0.05) is 20.8 Å². The first-order valence-corrected chi connectivity index (χ1v) is 5.29. The predicted octanol–water partition coefficient (Wildman–Crippen LogP) is 2.80. The minimum atomic E-state index is 0.390. The third-order valence-corrected chi connectivity index (χ3v) is 2.53. The fourth-order valence-corrected chi connectivity index (χ4v) is 1.55. The van der Waals surface area contributed by atoms with Gasteiger partial charge in [-0.2, -0.15) is 5.26 Å². The smallest absolute Gasteiger partial charge is 0.101 e. The van der Waals surface area contributed by atoms with E-state index in [0.29, 0.717) is 17.5 Å². The first kappa shape index (κ1) is 11.5. The fraction of sp³-hybridized carbons (Fsp3) is 0.500. The van der Waals surface area contributed by atoms with Crippen molar-refractivity contribution in [2.45, 2.75) is 33.2 Å². The van der Waals surface area contributed by atoms with E-state index in [-0.39, 0.29) is 0 Å². The van der Waals surface area contributed by atoms with Crippen molar-refractivity contribution in [2.75, 3.05) is 5.32 Å². The van der Waals surface area contributed by atoms with Crippen molar-refractivity contribution in [1.29, 1.82) is 5.26 Å². The summed E-state index contributed by atoms with van der Waals surface area (Å²) >= 11 is 0. The molecule has 1 N–H and O–H groups in total. The minimum absolute atomic E-state index is 0.390. The normalized spacial score (nSPS) is 12.2. The molecule has 0 bridgehead atoms. The Balaban J connectivity index is 2.84. The summed E-state index contributed by atoms with van der Waals surface area (Å²) in [5, 5.41) is 12.3. The zero-order valence-electron chi connectivity index (χ0n) is 9.49. The summed E-state index contributed by atoms with van der Waals surface area (Å²) in [6, 6.07) is 4.28. The molecule has 0 saturated heterocycles. The summed E-state index contributed by atoms with van der Waals surface area (Å²) in [7, 11) is 0. The van der Waals surface area contributed by atoms with Gasteiger partial charge in [0.15, 0.2) is 0 Å². The van der Waals surface area contributed by atoms with Crippen molar-refractivity contribution >= 4 is 5.69 Å². The van der Waals surface area contributed by atoms with Crippen LogP contribution in [0.1, 0.15) is 32.8 Å². The predicted molar refractivity (Wildman–Crippen MR) is 61.5 cm³/mol. The maximum atomic E-state index is 8.92. The van der Waals surface area contributed by atoms with E-state index in [9.17, 15) is 0 Å². The van der Waals surface area contributed by atoms with Crippen molar-refractivity contribution < 1.29 is 0 Å². The van der Waals surface area contributed by atoms with Gasteiger partial charge in [-0.25, -0.2) is 0 Å². The number of pyridine rings is 1. The van der Waals surface area contributed by atoms with Gasteiger partial charge in [0.25, 0.3) is 0 Å². The average molecular weight is 203 g/mol. The van der Waals surface area contributed by atoms with Crippen LogP contribution in [0.2, 0.25) is 0 Å². The molecule has 3 heteroatoms. The number of rotatable bonds is 4. The van der Waals surface area contributed by atoms with E-state index < -0.39 is 0 Å². The highest BCUT2D eigenvalue weighted by Crippen LogP contribution is 2.17. The second-order valence-electron chi connectivity index (χ2n) is 3.94. The van der Waals surface area contributed by atoms with Gasteiger partial charge in [0.05, 0.1) is 17.4 Å². The molecule has 1 unspecified atom stereocenters. The third-order valence-electron chi connectivity index (χ3n) is 2.53. The molecule has 0 aliphatic rings. The zero-order chi connectivity index (χ0) is 11.3. The molecule has 1 heterocycles. The van der Waals surface area contributed by atoms with Crippen LogP contribution in [0.3, 0.4) is 0 Å². The van der Waals surface area contributed by atoms with Crippen LogP contribution in [0.15, 0.2) is 18.5 Å². The lowest BCUT2D eigenvalue weighted by Crippen LogP contribution is -2.25. The highest BCUT2D eigenvalue weighted by atomic mass is 14.9. The van der Waals surface area contributed by atoms with E-state index >= 15 is 0 Å². The Morgan fingerprint density at radius 3 is 2.80 bits per heavy atom. The van der Waals surface area contributed by atoms with Crippen LogP contribution in [0.5, 0.6) is 0 Å². The molecule has 1 atom stereocenters. The number of nitrogens with one attached hydrogen (secondary N) is 1. The summed E-state index contributed by atoms with van der Waals surface area (Å²) in [5.74, 6) is 0.543. The summed E-state index contributed by atoms with van der Waals surface area (Å²) < 4.78 is 0. The molecular weight excluding hydrogens is 186 g/mol. The van der Waals surface area contributed by atoms with Crippen molar-refractivity contribution in [3.63, 3.8) is 0 Å². The van der Waals surface area contributed by atoms with Gasteiger partial charge >= 0.3 is 0 Å². The molecule has 1 rings (SSSR count). The van der Waals surface area contributed by atoms with Gasteiger partial charge in [-0.05, 0) is 18.4 Å². The van der Waals surface area contributed by atoms with Crippen LogP contribution >= 0.6 is 0 Å². The number of aromatic nitrogens is 1. The molecule has 0 fully saturated rings. The number of hydrogen-bond acceptors (Lipinski definition) is 3. The Kier molecular flexibility index (Phi) is 4.11. The topological polar surface area (TPSA) is 48.7 Å². The van der Waals surface area contributed by atoms with Crippen molar-refractivity contribution in [2.24, 2.45) is 5.92 Å². The highest BCUT2D eigenvalue weighted by molar-refractivity contribution is 5.55. The first-order valence-electron chi connectivity index (χ1n) is 5.29. The van der Waals surface area contributed by atoms with Gasteiger partial charge in [0.2, 0.25) is 0 Å². The van der Waals surface area contributed by atoms with Crippen LogP contribution in [-0.4, -0.2) is 11.0 Å². The molecule has 0 amide bonds. The fourth-order valence-electron chi connectivity index (χ4n) is 1.55. The largest absolute Gasteiger partial charge is 0.380 e. The van der Waals surface area contributed by atoms with E-state index in [1.807, 2.05) is 0 Å². The number of hydrogen-bond donors (Lipinski definition) is 1. The van der Waals surface area contributed by atoms with Crippen molar-refractivity contribution in [3.8, 4) is 6.07 Å². The van der Waals surface area contributed by atoms with E-state index in [1.165, 1.54) is 0 Å². The Bertz CT molecular complexity index is 352. The first-order chi connectivity index (χ1) is 7.19. The third kappa shape index (κ3) is 2.95. The van der Waals surface area contributed by atoms with Gasteiger partial charge < -0.3 is 5.32 Å².